The second-order valence-corrected chi connectivity index (χ2v) is 6.05. The van der Waals surface area contributed by atoms with E-state index in [4.69, 9.17) is 0 Å². The molecule has 0 radical (unpaired) electrons. The number of nitrogens with zero attached hydrogens (tertiary/aromatic N) is 3. The van der Waals surface area contributed by atoms with Crippen molar-refractivity contribution < 1.29 is 18.0 Å². The van der Waals surface area contributed by atoms with Crippen molar-refractivity contribution in [3.63, 3.8) is 0 Å². The van der Waals surface area contributed by atoms with Gasteiger partial charge in [0.05, 0.1) is 5.56 Å². The highest BCUT2D eigenvalue weighted by molar-refractivity contribution is 5.76. The number of hydrogen-bond donors (Lipinski definition) is 0. The number of pyridine rings is 1. The second kappa shape index (κ2) is 7.23. The van der Waals surface area contributed by atoms with E-state index in [1.807, 2.05) is 0 Å². The molecule has 1 aliphatic heterocycles. The van der Waals surface area contributed by atoms with Crippen LogP contribution in [0.3, 0.4) is 0 Å². The molecule has 0 saturated carbocycles. The van der Waals surface area contributed by atoms with Gasteiger partial charge in [-0.1, -0.05) is 18.2 Å². The Balaban J connectivity index is 1.66. The van der Waals surface area contributed by atoms with Crippen molar-refractivity contribution in [3.05, 3.63) is 64.6 Å². The van der Waals surface area contributed by atoms with Crippen molar-refractivity contribution >= 4 is 11.6 Å². The molecular formula is C18H18F3N3O2. The van der Waals surface area contributed by atoms with E-state index in [0.717, 1.165) is 6.07 Å². The first-order chi connectivity index (χ1) is 12.4. The maximum atomic E-state index is 13.2. The van der Waals surface area contributed by atoms with Crippen molar-refractivity contribution in [2.24, 2.45) is 0 Å². The van der Waals surface area contributed by atoms with Gasteiger partial charge in [0.1, 0.15) is 6.54 Å². The molecular weight excluding hydrogens is 347 g/mol. The van der Waals surface area contributed by atoms with E-state index in [2.05, 4.69) is 0 Å². The Morgan fingerprint density at radius 3 is 2.27 bits per heavy atom. The molecule has 0 bridgehead atoms. The molecule has 1 saturated heterocycles. The average Bonchev–Trinajstić information content (AvgIpc) is 2.63. The van der Waals surface area contributed by atoms with Crippen molar-refractivity contribution in [1.82, 2.24) is 9.47 Å². The number of anilines is 1. The van der Waals surface area contributed by atoms with E-state index in [0.29, 0.717) is 26.2 Å². The average molecular weight is 365 g/mol. The van der Waals surface area contributed by atoms with Gasteiger partial charge in [0, 0.05) is 44.1 Å². The molecule has 2 heterocycles. The topological polar surface area (TPSA) is 45.6 Å². The predicted octanol–water partition coefficient (Wildman–Crippen LogP) is 2.22. The summed E-state index contributed by atoms with van der Waals surface area (Å²) in [7, 11) is 0. The lowest BCUT2D eigenvalue weighted by Crippen LogP contribution is -2.50. The molecule has 8 heteroatoms. The summed E-state index contributed by atoms with van der Waals surface area (Å²) < 4.78 is 40.8. The van der Waals surface area contributed by atoms with Gasteiger partial charge in [-0.25, -0.2) is 0 Å². The van der Waals surface area contributed by atoms with Crippen LogP contribution in [-0.2, 0) is 17.5 Å². The lowest BCUT2D eigenvalue weighted by molar-refractivity contribution is -0.137. The van der Waals surface area contributed by atoms with Crippen molar-refractivity contribution in [1.29, 1.82) is 0 Å². The third-order valence-electron chi connectivity index (χ3n) is 4.39. The highest BCUT2D eigenvalue weighted by atomic mass is 19.4. The Morgan fingerprint density at radius 2 is 1.62 bits per heavy atom. The number of aromatic nitrogens is 1. The van der Waals surface area contributed by atoms with Gasteiger partial charge in [0.15, 0.2) is 0 Å². The zero-order valence-electron chi connectivity index (χ0n) is 13.9. The molecule has 1 aliphatic rings. The van der Waals surface area contributed by atoms with Crippen LogP contribution in [0.25, 0.3) is 0 Å². The van der Waals surface area contributed by atoms with E-state index in [1.54, 1.807) is 28.0 Å². The number of alkyl halides is 3. The van der Waals surface area contributed by atoms with Crippen LogP contribution in [0.1, 0.15) is 5.56 Å². The number of benzene rings is 1. The second-order valence-electron chi connectivity index (χ2n) is 6.05. The maximum Gasteiger partial charge on any atom is 0.418 e. The van der Waals surface area contributed by atoms with Crippen molar-refractivity contribution in [2.75, 3.05) is 31.1 Å². The van der Waals surface area contributed by atoms with Crippen LogP contribution in [0.2, 0.25) is 0 Å². The Kier molecular flexibility index (Phi) is 5.01. The third kappa shape index (κ3) is 3.89. The van der Waals surface area contributed by atoms with Crippen LogP contribution in [0, 0.1) is 0 Å². The highest BCUT2D eigenvalue weighted by Gasteiger charge is 2.35. The van der Waals surface area contributed by atoms with Crippen LogP contribution in [-0.4, -0.2) is 41.6 Å². The summed E-state index contributed by atoms with van der Waals surface area (Å²) >= 11 is 0. The minimum atomic E-state index is -4.42. The summed E-state index contributed by atoms with van der Waals surface area (Å²) in [5.41, 5.74) is -0.805. The molecule has 1 amide bonds. The molecule has 1 aromatic carbocycles. The Labute approximate surface area is 148 Å². The standard InChI is InChI=1S/C18H18F3N3O2/c19-18(20,21)14-5-1-2-6-15(14)22-9-11-23(12-10-22)17(26)13-24-8-4-3-7-16(24)25/h1-8H,9-13H2. The number of rotatable bonds is 3. The molecule has 5 nitrogen and oxygen atoms in total. The maximum absolute atomic E-state index is 13.2. The van der Waals surface area contributed by atoms with E-state index >= 15 is 0 Å². The molecule has 0 unspecified atom stereocenters. The largest absolute Gasteiger partial charge is 0.418 e. The number of piperazine rings is 1. The van der Waals surface area contributed by atoms with Gasteiger partial charge in [-0.3, -0.25) is 9.59 Å². The van der Waals surface area contributed by atoms with Gasteiger partial charge >= 0.3 is 6.18 Å². The first kappa shape index (κ1) is 18.0. The number of carbonyl (C=O) groups is 1. The molecule has 26 heavy (non-hydrogen) atoms. The van der Waals surface area contributed by atoms with Crippen molar-refractivity contribution in [2.45, 2.75) is 12.7 Å². The highest BCUT2D eigenvalue weighted by Crippen LogP contribution is 2.36. The zero-order chi connectivity index (χ0) is 18.7. The molecule has 0 atom stereocenters. The van der Waals surface area contributed by atoms with Crippen molar-refractivity contribution in [3.8, 4) is 0 Å². The van der Waals surface area contributed by atoms with Gasteiger partial charge < -0.3 is 14.4 Å². The van der Waals surface area contributed by atoms with Gasteiger partial charge in [-0.15, -0.1) is 0 Å². The molecule has 2 aromatic rings. The van der Waals surface area contributed by atoms with E-state index in [-0.39, 0.29) is 23.7 Å². The third-order valence-corrected chi connectivity index (χ3v) is 4.39. The summed E-state index contributed by atoms with van der Waals surface area (Å²) in [5, 5.41) is 0. The number of halogens is 3. The summed E-state index contributed by atoms with van der Waals surface area (Å²) in [5.74, 6) is -0.220. The van der Waals surface area contributed by atoms with Crippen LogP contribution in [0.5, 0.6) is 0 Å². The van der Waals surface area contributed by atoms with E-state index in [1.165, 1.54) is 29.0 Å². The van der Waals surface area contributed by atoms with E-state index in [9.17, 15) is 22.8 Å². The molecule has 1 fully saturated rings. The summed E-state index contributed by atoms with van der Waals surface area (Å²) in [6.07, 6.45) is -2.88. The van der Waals surface area contributed by atoms with Crippen LogP contribution >= 0.6 is 0 Å². The van der Waals surface area contributed by atoms with Gasteiger partial charge in [-0.2, -0.15) is 13.2 Å². The van der Waals surface area contributed by atoms with Crippen LogP contribution < -0.4 is 10.5 Å². The first-order valence-electron chi connectivity index (χ1n) is 8.20. The minimum Gasteiger partial charge on any atom is -0.367 e. The summed E-state index contributed by atoms with van der Waals surface area (Å²) in [6, 6.07) is 10.1. The lowest BCUT2D eigenvalue weighted by Gasteiger charge is -2.37. The smallest absolute Gasteiger partial charge is 0.367 e. The fraction of sp³-hybridized carbons (Fsp3) is 0.333. The quantitative estimate of drug-likeness (QED) is 0.838. The Morgan fingerprint density at radius 1 is 0.962 bits per heavy atom. The number of amides is 1. The number of carbonyl (C=O) groups excluding carboxylic acids is 1. The SMILES string of the molecule is O=C(Cn1ccccc1=O)N1CCN(c2ccccc2C(F)(F)F)CC1. The fourth-order valence-corrected chi connectivity index (χ4v) is 3.02. The molecule has 0 aliphatic carbocycles. The summed E-state index contributed by atoms with van der Waals surface area (Å²) in [6.45, 7) is 1.17. The Bertz CT molecular complexity index is 840. The molecule has 0 N–H and O–H groups in total. The zero-order valence-corrected chi connectivity index (χ0v) is 13.9. The predicted molar refractivity (Wildman–Crippen MR) is 90.9 cm³/mol. The van der Waals surface area contributed by atoms with E-state index < -0.39 is 11.7 Å². The Hall–Kier alpha value is -2.77. The minimum absolute atomic E-state index is 0.0706. The van der Waals surface area contributed by atoms with Crippen LogP contribution in [0.15, 0.2) is 53.5 Å². The summed E-state index contributed by atoms with van der Waals surface area (Å²) in [4.78, 5) is 27.3. The van der Waals surface area contributed by atoms with Crippen LogP contribution in [0.4, 0.5) is 18.9 Å². The van der Waals surface area contributed by atoms with Gasteiger partial charge in [0.25, 0.3) is 5.56 Å². The van der Waals surface area contributed by atoms with Gasteiger partial charge in [-0.05, 0) is 18.2 Å². The number of hydrogen-bond acceptors (Lipinski definition) is 3. The lowest BCUT2D eigenvalue weighted by atomic mass is 10.1. The number of para-hydroxylation sites is 1. The molecule has 138 valence electrons. The fourth-order valence-electron chi connectivity index (χ4n) is 3.02. The monoisotopic (exact) mass is 365 g/mol. The molecule has 3 rings (SSSR count). The van der Waals surface area contributed by atoms with Gasteiger partial charge in [0.2, 0.25) is 5.91 Å². The first-order valence-corrected chi connectivity index (χ1v) is 8.20. The molecule has 0 spiro atoms. The molecule has 1 aromatic heterocycles. The normalized spacial score (nSPS) is 15.2.